The van der Waals surface area contributed by atoms with E-state index in [0.717, 1.165) is 73.4 Å². The van der Waals surface area contributed by atoms with Crippen LogP contribution in [0.5, 0.6) is 5.75 Å². The molecule has 342 valence electrons. The van der Waals surface area contributed by atoms with E-state index in [2.05, 4.69) is 44.2 Å². The number of imide groups is 2. The molecule has 9 rings (SSSR count). The summed E-state index contributed by atoms with van der Waals surface area (Å²) in [5.41, 5.74) is 2.60. The molecule has 1 aliphatic carbocycles. The summed E-state index contributed by atoms with van der Waals surface area (Å²) in [5.74, 6) is -1.04. The van der Waals surface area contributed by atoms with E-state index in [-0.39, 0.29) is 72.4 Å². The average Bonchev–Trinajstić information content (AvgIpc) is 3.49. The number of amides is 4. The number of aromatic nitrogens is 3. The number of nitrogens with one attached hydrogen (secondary N) is 2. The zero-order valence-corrected chi connectivity index (χ0v) is 38.0. The Morgan fingerprint density at radius 1 is 0.923 bits per heavy atom. The van der Waals surface area contributed by atoms with Gasteiger partial charge in [-0.2, -0.15) is 4.98 Å². The minimum absolute atomic E-state index is 0.0797. The van der Waals surface area contributed by atoms with Gasteiger partial charge < -0.3 is 29.2 Å². The van der Waals surface area contributed by atoms with Crippen LogP contribution >= 0.6 is 11.6 Å². The van der Waals surface area contributed by atoms with Crippen molar-refractivity contribution >= 4 is 75.1 Å². The number of pyridine rings is 1. The van der Waals surface area contributed by atoms with Crippen LogP contribution in [0, 0.1) is 0 Å². The number of piperidine rings is 2. The molecule has 4 amide bonds. The van der Waals surface area contributed by atoms with Crippen molar-refractivity contribution in [2.75, 3.05) is 47.9 Å². The Balaban J connectivity index is 0.765. The third-order valence-corrected chi connectivity index (χ3v) is 13.6. The number of ether oxygens (including phenoxy) is 2. The molecule has 1 saturated carbocycles. The number of nitrogens with zero attached hydrogens (tertiary/aromatic N) is 7. The summed E-state index contributed by atoms with van der Waals surface area (Å²) < 4.78 is 13.9. The Bertz CT molecular complexity index is 2630. The first-order chi connectivity index (χ1) is 31.1. The van der Waals surface area contributed by atoms with Crippen molar-refractivity contribution in [2.24, 2.45) is 0 Å². The lowest BCUT2D eigenvalue weighted by Crippen LogP contribution is -2.62. The zero-order chi connectivity index (χ0) is 45.8. The van der Waals surface area contributed by atoms with E-state index < -0.39 is 29.7 Å². The number of Topliss-reactive ketones (excluding diaryl/α,β-unsaturated/α-hetero) is 1. The van der Waals surface area contributed by atoms with Crippen LogP contribution < -0.4 is 30.7 Å². The van der Waals surface area contributed by atoms with Crippen molar-refractivity contribution in [3.05, 3.63) is 75.2 Å². The molecule has 18 heteroatoms. The molecule has 65 heavy (non-hydrogen) atoms. The lowest BCUT2D eigenvalue weighted by atomic mass is 9.86. The predicted molar refractivity (Wildman–Crippen MR) is 244 cm³/mol. The lowest BCUT2D eigenvalue weighted by Gasteiger charge is -2.52. The van der Waals surface area contributed by atoms with Gasteiger partial charge in [0.15, 0.2) is 17.4 Å². The summed E-state index contributed by atoms with van der Waals surface area (Å²) in [6.07, 6.45) is 5.78. The molecule has 3 saturated heterocycles. The van der Waals surface area contributed by atoms with Crippen LogP contribution in [0.3, 0.4) is 0 Å². The fourth-order valence-corrected chi connectivity index (χ4v) is 10.3. The Morgan fingerprint density at radius 2 is 1.65 bits per heavy atom. The van der Waals surface area contributed by atoms with Gasteiger partial charge in [-0.05, 0) is 109 Å². The van der Waals surface area contributed by atoms with Crippen molar-refractivity contribution in [3.63, 3.8) is 0 Å². The SMILES string of the molecule is CC(=O)COc1cc2cc(Nc3nc(N4CCC(OC5CC(N6C[C@@H](C)N(c7ccc8c(c7)C(=O)N(C7CCC(=O)NC7=O)C8=O)[C@H](C)C6)C5)CC4)ncc3Cl)ccc2n(C(C)C)c1=O. The van der Waals surface area contributed by atoms with Crippen molar-refractivity contribution in [1.82, 2.24) is 29.7 Å². The highest BCUT2D eigenvalue weighted by atomic mass is 35.5. The van der Waals surface area contributed by atoms with Crippen LogP contribution in [0.2, 0.25) is 5.02 Å². The normalized spacial score (nSPS) is 24.1. The minimum Gasteiger partial charge on any atom is -0.480 e. The number of fused-ring (bicyclic) bond motifs is 2. The first-order valence-electron chi connectivity index (χ1n) is 22.5. The highest BCUT2D eigenvalue weighted by Gasteiger charge is 2.46. The Morgan fingerprint density at radius 3 is 2.34 bits per heavy atom. The molecular weight excluding hydrogens is 854 g/mol. The topological polar surface area (TPSA) is 189 Å². The molecule has 2 N–H and O–H groups in total. The first-order valence-corrected chi connectivity index (χ1v) is 22.9. The standard InChI is InChI=1S/C47H54ClN9O8/c1-25(2)55-38-9-6-30(16-29(38)17-40(46(55)63)64-24-28(5)58)50-42-37(48)21-49-47(52-42)53-14-12-33(13-15-53)65-34-18-32(19-34)54-22-26(3)56(27(4)23-54)31-7-8-35-36(20-31)45(62)57(44(35)61)39-10-11-41(59)51-43(39)60/h6-9,16-17,20-21,25-27,32-34,39H,10-15,18-19,22-24H2,1-5H3,(H,49,50,52)(H,51,59,60)/t26-,27-,32?,34?,39?/m1/s1. The Kier molecular flexibility index (Phi) is 12.1. The summed E-state index contributed by atoms with van der Waals surface area (Å²) in [4.78, 5) is 93.2. The van der Waals surface area contributed by atoms with Crippen LogP contribution in [0.15, 0.2) is 53.5 Å². The quantitative estimate of drug-likeness (QED) is 0.175. The predicted octanol–water partition coefficient (Wildman–Crippen LogP) is 5.25. The molecule has 2 aromatic heterocycles. The van der Waals surface area contributed by atoms with Gasteiger partial charge in [-0.15, -0.1) is 0 Å². The fourth-order valence-electron chi connectivity index (χ4n) is 10.1. The van der Waals surface area contributed by atoms with Gasteiger partial charge in [-0.1, -0.05) is 11.6 Å². The second kappa shape index (κ2) is 17.8. The largest absolute Gasteiger partial charge is 0.480 e. The Hall–Kier alpha value is -5.91. The maximum absolute atomic E-state index is 13.5. The van der Waals surface area contributed by atoms with E-state index in [4.69, 9.17) is 26.1 Å². The van der Waals surface area contributed by atoms with Crippen LogP contribution in [0.25, 0.3) is 10.9 Å². The van der Waals surface area contributed by atoms with Gasteiger partial charge in [0.2, 0.25) is 17.8 Å². The van der Waals surface area contributed by atoms with E-state index in [1.165, 1.54) is 6.92 Å². The second-order valence-electron chi connectivity index (χ2n) is 18.3. The molecular formula is C47H54ClN9O8. The number of benzene rings is 2. The van der Waals surface area contributed by atoms with E-state index in [9.17, 15) is 28.8 Å². The summed E-state index contributed by atoms with van der Waals surface area (Å²) in [6.45, 7) is 12.6. The van der Waals surface area contributed by atoms with Gasteiger partial charge in [0.1, 0.15) is 17.7 Å². The summed E-state index contributed by atoms with van der Waals surface area (Å²) in [6, 6.07) is 12.2. The molecule has 4 fully saturated rings. The van der Waals surface area contributed by atoms with Crippen LogP contribution in [0.1, 0.15) is 99.9 Å². The maximum Gasteiger partial charge on any atom is 0.293 e. The number of carbonyl (C=O) groups is 5. The molecule has 1 unspecified atom stereocenters. The van der Waals surface area contributed by atoms with Gasteiger partial charge in [0.25, 0.3) is 17.4 Å². The monoisotopic (exact) mass is 907 g/mol. The maximum atomic E-state index is 13.5. The average molecular weight is 908 g/mol. The van der Waals surface area contributed by atoms with Gasteiger partial charge in [0, 0.05) is 73.5 Å². The molecule has 0 spiro atoms. The fraction of sp³-hybridized carbons (Fsp3) is 0.489. The van der Waals surface area contributed by atoms with E-state index >= 15 is 0 Å². The molecule has 6 heterocycles. The zero-order valence-electron chi connectivity index (χ0n) is 37.2. The highest BCUT2D eigenvalue weighted by molar-refractivity contribution is 6.33. The van der Waals surface area contributed by atoms with Crippen LogP contribution in [0.4, 0.5) is 23.1 Å². The minimum atomic E-state index is -0.993. The number of halogens is 1. The number of ketones is 1. The molecule has 0 bridgehead atoms. The van der Waals surface area contributed by atoms with E-state index in [1.54, 1.807) is 29.0 Å². The number of hydrogen-bond acceptors (Lipinski definition) is 14. The number of anilines is 4. The second-order valence-corrected chi connectivity index (χ2v) is 18.7. The van der Waals surface area contributed by atoms with Crippen molar-refractivity contribution < 1.29 is 33.4 Å². The lowest BCUT2D eigenvalue weighted by molar-refractivity contribution is -0.136. The smallest absolute Gasteiger partial charge is 0.293 e. The van der Waals surface area contributed by atoms with Crippen molar-refractivity contribution in [2.45, 2.75) is 116 Å². The number of hydrogen-bond donors (Lipinski definition) is 2. The molecule has 3 atom stereocenters. The van der Waals surface area contributed by atoms with Crippen LogP contribution in [-0.2, 0) is 19.1 Å². The third kappa shape index (κ3) is 8.68. The highest BCUT2D eigenvalue weighted by Crippen LogP contribution is 2.37. The Labute approximate surface area is 381 Å². The number of rotatable bonds is 12. The van der Waals surface area contributed by atoms with Gasteiger partial charge in [0.05, 0.1) is 35.0 Å². The van der Waals surface area contributed by atoms with Crippen molar-refractivity contribution in [1.29, 1.82) is 0 Å². The van der Waals surface area contributed by atoms with Crippen LogP contribution in [-0.4, -0.2) is 123 Å². The molecule has 17 nitrogen and oxygen atoms in total. The number of piperazine rings is 1. The summed E-state index contributed by atoms with van der Waals surface area (Å²) >= 11 is 6.60. The van der Waals surface area contributed by atoms with Gasteiger partial charge >= 0.3 is 0 Å². The van der Waals surface area contributed by atoms with Gasteiger partial charge in [-0.3, -0.25) is 43.9 Å². The first kappa shape index (κ1) is 44.3. The van der Waals surface area contributed by atoms with E-state index in [0.29, 0.717) is 34.1 Å². The molecule has 5 aliphatic rings. The molecule has 0 radical (unpaired) electrons. The molecule has 2 aromatic carbocycles. The van der Waals surface area contributed by atoms with Crippen molar-refractivity contribution in [3.8, 4) is 5.75 Å². The molecule has 4 aromatic rings. The summed E-state index contributed by atoms with van der Waals surface area (Å²) in [7, 11) is 0. The van der Waals surface area contributed by atoms with E-state index in [1.807, 2.05) is 38.1 Å². The molecule has 4 aliphatic heterocycles. The summed E-state index contributed by atoms with van der Waals surface area (Å²) in [5, 5.41) is 6.71. The third-order valence-electron chi connectivity index (χ3n) is 13.3. The van der Waals surface area contributed by atoms with Gasteiger partial charge in [-0.25, -0.2) is 4.98 Å². The number of carbonyl (C=O) groups excluding carboxylic acids is 5.